The number of benzene rings is 2. The largest absolute Gasteiger partial charge is 0.507 e. The number of anilines is 1. The smallest absolute Gasteiger partial charge is 0.300 e. The molecule has 0 aliphatic carbocycles. The third-order valence-electron chi connectivity index (χ3n) is 5.97. The number of carbonyl (C=O) groups excluding carboxylic acids is 2. The van der Waals surface area contributed by atoms with Crippen LogP contribution in [0.2, 0.25) is 0 Å². The maximum Gasteiger partial charge on any atom is 0.300 e. The molecule has 2 heterocycles. The van der Waals surface area contributed by atoms with Gasteiger partial charge in [-0.05, 0) is 73.4 Å². The van der Waals surface area contributed by atoms with E-state index in [9.17, 15) is 14.7 Å². The topological polar surface area (TPSA) is 79.7 Å². The van der Waals surface area contributed by atoms with Gasteiger partial charge in [0, 0.05) is 23.6 Å². The van der Waals surface area contributed by atoms with Crippen molar-refractivity contribution in [3.63, 3.8) is 0 Å². The molecule has 32 heavy (non-hydrogen) atoms. The maximum absolute atomic E-state index is 13.3. The molecule has 0 saturated carbocycles. The van der Waals surface area contributed by atoms with E-state index in [2.05, 4.69) is 4.98 Å². The van der Waals surface area contributed by atoms with Gasteiger partial charge in [-0.1, -0.05) is 18.2 Å². The molecule has 1 saturated heterocycles. The monoisotopic (exact) mass is 428 g/mol. The number of carbonyl (C=O) groups is 2. The van der Waals surface area contributed by atoms with Crippen LogP contribution in [0.3, 0.4) is 0 Å². The number of ketones is 1. The molecule has 1 aliphatic heterocycles. The molecule has 1 aliphatic rings. The average Bonchev–Trinajstić information content (AvgIpc) is 3.06. The van der Waals surface area contributed by atoms with Crippen LogP contribution in [-0.2, 0) is 9.59 Å². The lowest BCUT2D eigenvalue weighted by atomic mass is 9.94. The number of methoxy groups -OCH3 is 1. The Kier molecular flexibility index (Phi) is 5.53. The van der Waals surface area contributed by atoms with Crippen LogP contribution in [0.1, 0.15) is 33.9 Å². The molecule has 1 N–H and O–H groups in total. The number of pyridine rings is 1. The first-order valence-corrected chi connectivity index (χ1v) is 10.3. The number of Topliss-reactive ketones (excluding diaryl/α,β-unsaturated/α-hetero) is 1. The molecule has 6 heteroatoms. The van der Waals surface area contributed by atoms with Crippen molar-refractivity contribution in [2.75, 3.05) is 12.0 Å². The van der Waals surface area contributed by atoms with Crippen LogP contribution in [0.5, 0.6) is 5.75 Å². The molecule has 162 valence electrons. The minimum Gasteiger partial charge on any atom is -0.507 e. The number of aromatic nitrogens is 1. The first kappa shape index (κ1) is 21.3. The van der Waals surface area contributed by atoms with Gasteiger partial charge in [-0.25, -0.2) is 0 Å². The van der Waals surface area contributed by atoms with E-state index in [-0.39, 0.29) is 11.3 Å². The van der Waals surface area contributed by atoms with E-state index in [0.717, 1.165) is 16.7 Å². The highest BCUT2D eigenvalue weighted by Gasteiger charge is 2.47. The molecule has 1 fully saturated rings. The number of aryl methyl sites for hydroxylation is 2. The Hall–Kier alpha value is -3.93. The summed E-state index contributed by atoms with van der Waals surface area (Å²) in [6.45, 7) is 5.69. The van der Waals surface area contributed by atoms with Gasteiger partial charge in [-0.15, -0.1) is 0 Å². The maximum atomic E-state index is 13.3. The Morgan fingerprint density at radius 2 is 1.81 bits per heavy atom. The minimum atomic E-state index is -0.800. The average molecular weight is 428 g/mol. The standard InChI is InChI=1S/C26H24N2O4/c1-15-7-5-9-21(17(15)3)28-23(18-8-6-12-27-14-18)22(25(30)26(28)31)24(29)20-11-10-19(32-4)13-16(20)2/h5-14,23,29H,1-4H3/b24-22+. The molecule has 1 unspecified atom stereocenters. The van der Waals surface area contributed by atoms with Crippen LogP contribution in [0.15, 0.2) is 66.5 Å². The molecular weight excluding hydrogens is 404 g/mol. The Morgan fingerprint density at radius 3 is 2.47 bits per heavy atom. The summed E-state index contributed by atoms with van der Waals surface area (Å²) in [5.41, 5.74) is 4.40. The molecule has 6 nitrogen and oxygen atoms in total. The molecule has 1 aromatic heterocycles. The first-order valence-electron chi connectivity index (χ1n) is 10.3. The predicted molar refractivity (Wildman–Crippen MR) is 123 cm³/mol. The minimum absolute atomic E-state index is 0.0390. The summed E-state index contributed by atoms with van der Waals surface area (Å²) in [4.78, 5) is 32.2. The van der Waals surface area contributed by atoms with Crippen LogP contribution < -0.4 is 9.64 Å². The number of rotatable bonds is 4. The van der Waals surface area contributed by atoms with Crippen molar-refractivity contribution in [1.29, 1.82) is 0 Å². The number of amides is 1. The fourth-order valence-electron chi connectivity index (χ4n) is 4.10. The summed E-state index contributed by atoms with van der Waals surface area (Å²) < 4.78 is 5.25. The summed E-state index contributed by atoms with van der Waals surface area (Å²) in [6.07, 6.45) is 3.24. The molecule has 2 aromatic carbocycles. The second-order valence-corrected chi connectivity index (χ2v) is 7.86. The van der Waals surface area contributed by atoms with Crippen LogP contribution in [0.25, 0.3) is 5.76 Å². The second-order valence-electron chi connectivity index (χ2n) is 7.86. The van der Waals surface area contributed by atoms with E-state index < -0.39 is 17.7 Å². The molecular formula is C26H24N2O4. The van der Waals surface area contributed by atoms with Crippen molar-refractivity contribution in [3.8, 4) is 5.75 Å². The molecule has 0 bridgehead atoms. The Morgan fingerprint density at radius 1 is 1.03 bits per heavy atom. The van der Waals surface area contributed by atoms with Gasteiger partial charge >= 0.3 is 0 Å². The normalized spacial score (nSPS) is 17.6. The number of nitrogens with zero attached hydrogens (tertiary/aromatic N) is 2. The van der Waals surface area contributed by atoms with Crippen molar-refractivity contribution in [3.05, 3.63) is 94.3 Å². The van der Waals surface area contributed by atoms with Gasteiger partial charge < -0.3 is 9.84 Å². The van der Waals surface area contributed by atoms with Crippen LogP contribution in [-0.4, -0.2) is 28.9 Å². The van der Waals surface area contributed by atoms with Crippen molar-refractivity contribution in [1.82, 2.24) is 4.98 Å². The summed E-state index contributed by atoms with van der Waals surface area (Å²) in [5.74, 6) is -0.989. The van der Waals surface area contributed by atoms with Crippen molar-refractivity contribution in [2.45, 2.75) is 26.8 Å². The van der Waals surface area contributed by atoms with Crippen molar-refractivity contribution in [2.24, 2.45) is 0 Å². The highest BCUT2D eigenvalue weighted by molar-refractivity contribution is 6.51. The lowest BCUT2D eigenvalue weighted by Gasteiger charge is -2.27. The SMILES string of the molecule is COc1ccc(/C(O)=C2\C(=O)C(=O)N(c3cccc(C)c3C)C2c2cccnc2)c(C)c1. The molecule has 3 aromatic rings. The molecule has 0 radical (unpaired) electrons. The van der Waals surface area contributed by atoms with Gasteiger partial charge in [0.15, 0.2) is 0 Å². The quantitative estimate of drug-likeness (QED) is 0.372. The number of hydrogen-bond acceptors (Lipinski definition) is 5. The van der Waals surface area contributed by atoms with Gasteiger partial charge in [0.1, 0.15) is 11.5 Å². The highest BCUT2D eigenvalue weighted by Crippen LogP contribution is 2.43. The van der Waals surface area contributed by atoms with Gasteiger partial charge in [0.2, 0.25) is 0 Å². The highest BCUT2D eigenvalue weighted by atomic mass is 16.5. The molecule has 1 amide bonds. The summed E-state index contributed by atoms with van der Waals surface area (Å²) in [5, 5.41) is 11.3. The third kappa shape index (κ3) is 3.43. The lowest BCUT2D eigenvalue weighted by molar-refractivity contribution is -0.132. The zero-order valence-corrected chi connectivity index (χ0v) is 18.4. The first-order chi connectivity index (χ1) is 15.3. The Labute approximate surface area is 186 Å². The molecule has 1 atom stereocenters. The van der Waals surface area contributed by atoms with Gasteiger partial charge in [0.25, 0.3) is 11.7 Å². The zero-order chi connectivity index (χ0) is 23.0. The zero-order valence-electron chi connectivity index (χ0n) is 18.4. The number of ether oxygens (including phenoxy) is 1. The number of hydrogen-bond donors (Lipinski definition) is 1. The second kappa shape index (κ2) is 8.30. The van der Waals surface area contributed by atoms with E-state index >= 15 is 0 Å². The van der Waals surface area contributed by atoms with E-state index in [1.165, 1.54) is 4.90 Å². The van der Waals surface area contributed by atoms with E-state index in [1.807, 2.05) is 39.0 Å². The Balaban J connectivity index is 1.98. The van der Waals surface area contributed by atoms with Crippen LogP contribution >= 0.6 is 0 Å². The Bertz CT molecular complexity index is 1250. The molecule has 4 rings (SSSR count). The number of aliphatic hydroxyl groups is 1. The van der Waals surface area contributed by atoms with Crippen molar-refractivity contribution >= 4 is 23.1 Å². The summed E-state index contributed by atoms with van der Waals surface area (Å²) >= 11 is 0. The van der Waals surface area contributed by atoms with Crippen LogP contribution in [0.4, 0.5) is 5.69 Å². The predicted octanol–water partition coefficient (Wildman–Crippen LogP) is 4.64. The van der Waals surface area contributed by atoms with E-state index in [1.54, 1.807) is 49.8 Å². The lowest BCUT2D eigenvalue weighted by Crippen LogP contribution is -2.30. The van der Waals surface area contributed by atoms with Crippen molar-refractivity contribution < 1.29 is 19.4 Å². The van der Waals surface area contributed by atoms with E-state index in [4.69, 9.17) is 4.74 Å². The van der Waals surface area contributed by atoms with Gasteiger partial charge in [-0.2, -0.15) is 0 Å². The fraction of sp³-hybridized carbons (Fsp3) is 0.192. The summed E-state index contributed by atoms with van der Waals surface area (Å²) in [7, 11) is 1.56. The fourth-order valence-corrected chi connectivity index (χ4v) is 4.10. The van der Waals surface area contributed by atoms with Gasteiger partial charge in [-0.3, -0.25) is 19.5 Å². The molecule has 0 spiro atoms. The third-order valence-corrected chi connectivity index (χ3v) is 5.97. The summed E-state index contributed by atoms with van der Waals surface area (Å²) in [6, 6.07) is 13.5. The van der Waals surface area contributed by atoms with E-state index in [0.29, 0.717) is 22.6 Å². The number of aliphatic hydroxyl groups excluding tert-OH is 1. The van der Waals surface area contributed by atoms with Gasteiger partial charge in [0.05, 0.1) is 18.7 Å². The van der Waals surface area contributed by atoms with Crippen LogP contribution in [0, 0.1) is 20.8 Å².